The quantitative estimate of drug-likeness (QED) is 0.751. The normalized spacial score (nSPS) is 10.8. The molecule has 0 saturated carbocycles. The molecular weight excluding hydrogens is 270 g/mol. The van der Waals surface area contributed by atoms with Crippen LogP contribution in [0, 0.1) is 0 Å². The molecule has 0 saturated heterocycles. The highest BCUT2D eigenvalue weighted by Crippen LogP contribution is 2.33. The third-order valence-corrected chi connectivity index (χ3v) is 3.53. The van der Waals surface area contributed by atoms with Crippen LogP contribution >= 0.6 is 0 Å². The van der Waals surface area contributed by atoms with Gasteiger partial charge in [-0.2, -0.15) is 0 Å². The van der Waals surface area contributed by atoms with Gasteiger partial charge < -0.3 is 19.2 Å². The van der Waals surface area contributed by atoms with Crippen molar-refractivity contribution in [1.82, 2.24) is 4.98 Å². The Morgan fingerprint density at radius 1 is 0.952 bits per heavy atom. The van der Waals surface area contributed by atoms with E-state index >= 15 is 0 Å². The molecule has 0 fully saturated rings. The topological polar surface area (TPSA) is 60.5 Å². The molecule has 108 valence electrons. The van der Waals surface area contributed by atoms with E-state index in [9.17, 15) is 4.79 Å². The van der Waals surface area contributed by atoms with Crippen LogP contribution in [-0.2, 0) is 4.74 Å². The van der Waals surface area contributed by atoms with Crippen molar-refractivity contribution in [3.8, 4) is 11.5 Å². The monoisotopic (exact) mass is 285 g/mol. The Balaban J connectivity index is 2.32. The number of benzene rings is 2. The lowest BCUT2D eigenvalue weighted by molar-refractivity contribution is 0.0597. The lowest BCUT2D eigenvalue weighted by Crippen LogP contribution is -2.03. The van der Waals surface area contributed by atoms with Crippen molar-refractivity contribution in [2.75, 3.05) is 21.3 Å². The number of hydrogen-bond donors (Lipinski definition) is 1. The van der Waals surface area contributed by atoms with Gasteiger partial charge in [-0.1, -0.05) is 0 Å². The fraction of sp³-hybridized carbons (Fsp3) is 0.188. The lowest BCUT2D eigenvalue weighted by Gasteiger charge is -2.07. The molecule has 0 aliphatic rings. The summed E-state index contributed by atoms with van der Waals surface area (Å²) in [6.07, 6.45) is 0. The predicted molar refractivity (Wildman–Crippen MR) is 80.2 cm³/mol. The zero-order chi connectivity index (χ0) is 15.0. The summed E-state index contributed by atoms with van der Waals surface area (Å²) in [4.78, 5) is 15.2. The van der Waals surface area contributed by atoms with Crippen molar-refractivity contribution in [1.29, 1.82) is 0 Å². The van der Waals surface area contributed by atoms with Crippen molar-refractivity contribution >= 4 is 27.8 Å². The van der Waals surface area contributed by atoms with Crippen molar-refractivity contribution < 1.29 is 19.0 Å². The van der Waals surface area contributed by atoms with Crippen molar-refractivity contribution in [3.63, 3.8) is 0 Å². The number of fused-ring (bicyclic) bond motifs is 3. The van der Waals surface area contributed by atoms with Crippen LogP contribution in [0.4, 0.5) is 0 Å². The Kier molecular flexibility index (Phi) is 3.17. The van der Waals surface area contributed by atoms with Crippen LogP contribution in [0.25, 0.3) is 21.8 Å². The number of carbonyl (C=O) groups excluding carboxylic acids is 1. The Hall–Kier alpha value is -2.69. The molecule has 1 aromatic heterocycles. The SMILES string of the molecule is COC(=O)c1cc2c(cc1OC)[nH]c1cc(OC)ccc12. The molecule has 0 aliphatic heterocycles. The van der Waals surface area contributed by atoms with Crippen LogP contribution in [0.2, 0.25) is 0 Å². The Bertz CT molecular complexity index is 835. The maximum Gasteiger partial charge on any atom is 0.341 e. The summed E-state index contributed by atoms with van der Waals surface area (Å²) in [5.74, 6) is 0.832. The van der Waals surface area contributed by atoms with E-state index in [4.69, 9.17) is 14.2 Å². The molecule has 0 radical (unpaired) electrons. The molecule has 1 N–H and O–H groups in total. The van der Waals surface area contributed by atoms with Gasteiger partial charge in [0, 0.05) is 22.9 Å². The molecule has 0 amide bonds. The van der Waals surface area contributed by atoms with Crippen LogP contribution in [-0.4, -0.2) is 32.3 Å². The predicted octanol–water partition coefficient (Wildman–Crippen LogP) is 3.12. The maximum atomic E-state index is 11.9. The number of methoxy groups -OCH3 is 3. The van der Waals surface area contributed by atoms with E-state index < -0.39 is 5.97 Å². The molecule has 0 spiro atoms. The van der Waals surface area contributed by atoms with E-state index in [0.717, 1.165) is 27.6 Å². The average molecular weight is 285 g/mol. The van der Waals surface area contributed by atoms with Crippen molar-refractivity contribution in [3.05, 3.63) is 35.9 Å². The van der Waals surface area contributed by atoms with E-state index in [1.54, 1.807) is 19.2 Å². The van der Waals surface area contributed by atoms with Gasteiger partial charge in [-0.15, -0.1) is 0 Å². The molecule has 3 aromatic rings. The number of nitrogens with one attached hydrogen (secondary N) is 1. The summed E-state index contributed by atoms with van der Waals surface area (Å²) in [6.45, 7) is 0. The molecule has 1 heterocycles. The summed E-state index contributed by atoms with van der Waals surface area (Å²) in [7, 11) is 4.51. The van der Waals surface area contributed by atoms with Crippen LogP contribution in [0.15, 0.2) is 30.3 Å². The van der Waals surface area contributed by atoms with Gasteiger partial charge in [-0.05, 0) is 18.2 Å². The zero-order valence-electron chi connectivity index (χ0n) is 12.0. The molecule has 0 aliphatic carbocycles. The van der Waals surface area contributed by atoms with E-state index in [1.807, 2.05) is 18.2 Å². The van der Waals surface area contributed by atoms with E-state index in [2.05, 4.69) is 4.98 Å². The zero-order valence-corrected chi connectivity index (χ0v) is 12.0. The van der Waals surface area contributed by atoms with E-state index in [0.29, 0.717) is 11.3 Å². The summed E-state index contributed by atoms with van der Waals surface area (Å²) in [6, 6.07) is 9.34. The third kappa shape index (κ3) is 2.07. The Labute approximate surface area is 121 Å². The fourth-order valence-corrected chi connectivity index (χ4v) is 2.48. The van der Waals surface area contributed by atoms with Gasteiger partial charge in [-0.25, -0.2) is 4.79 Å². The average Bonchev–Trinajstić information content (AvgIpc) is 2.88. The van der Waals surface area contributed by atoms with Gasteiger partial charge >= 0.3 is 5.97 Å². The first kappa shape index (κ1) is 13.3. The number of H-pyrrole nitrogens is 1. The highest BCUT2D eigenvalue weighted by molar-refractivity contribution is 6.10. The van der Waals surface area contributed by atoms with Crippen LogP contribution in [0.5, 0.6) is 11.5 Å². The van der Waals surface area contributed by atoms with E-state index in [-0.39, 0.29) is 0 Å². The molecule has 5 nitrogen and oxygen atoms in total. The minimum atomic E-state index is -0.420. The number of carbonyl (C=O) groups is 1. The minimum Gasteiger partial charge on any atom is -0.497 e. The second kappa shape index (κ2) is 5.01. The van der Waals surface area contributed by atoms with E-state index in [1.165, 1.54) is 14.2 Å². The highest BCUT2D eigenvalue weighted by Gasteiger charge is 2.16. The molecule has 5 heteroatoms. The Morgan fingerprint density at radius 2 is 1.71 bits per heavy atom. The van der Waals surface area contributed by atoms with Crippen LogP contribution < -0.4 is 9.47 Å². The number of aromatic nitrogens is 1. The minimum absolute atomic E-state index is 0.407. The largest absolute Gasteiger partial charge is 0.497 e. The van der Waals surface area contributed by atoms with Gasteiger partial charge in [0.1, 0.15) is 17.1 Å². The smallest absolute Gasteiger partial charge is 0.341 e. The maximum absolute atomic E-state index is 11.9. The molecule has 3 rings (SSSR count). The van der Waals surface area contributed by atoms with Gasteiger partial charge in [-0.3, -0.25) is 0 Å². The van der Waals surface area contributed by atoms with Gasteiger partial charge in [0.2, 0.25) is 0 Å². The molecule has 0 unspecified atom stereocenters. The van der Waals surface area contributed by atoms with Crippen molar-refractivity contribution in [2.45, 2.75) is 0 Å². The lowest BCUT2D eigenvalue weighted by atomic mass is 10.1. The summed E-state index contributed by atoms with van der Waals surface area (Å²) < 4.78 is 15.3. The molecule has 2 aromatic carbocycles. The number of aromatic amines is 1. The number of hydrogen-bond acceptors (Lipinski definition) is 4. The summed E-state index contributed by atoms with van der Waals surface area (Å²) in [5, 5.41) is 1.95. The third-order valence-electron chi connectivity index (χ3n) is 3.53. The molecule has 0 bridgehead atoms. The molecule has 0 atom stereocenters. The summed E-state index contributed by atoms with van der Waals surface area (Å²) >= 11 is 0. The first-order chi connectivity index (χ1) is 10.2. The van der Waals surface area contributed by atoms with Gasteiger partial charge in [0.25, 0.3) is 0 Å². The number of esters is 1. The number of rotatable bonds is 3. The first-order valence-electron chi connectivity index (χ1n) is 6.43. The summed E-state index contributed by atoms with van der Waals surface area (Å²) in [5.41, 5.74) is 2.24. The standard InChI is InChI=1S/C16H15NO4/c1-19-9-4-5-10-11-7-12(16(18)21-3)15(20-2)8-14(11)17-13(10)6-9/h4-8,17H,1-3H3. The Morgan fingerprint density at radius 3 is 2.38 bits per heavy atom. The fourth-order valence-electron chi connectivity index (χ4n) is 2.48. The number of ether oxygens (including phenoxy) is 3. The second-order valence-electron chi connectivity index (χ2n) is 4.63. The van der Waals surface area contributed by atoms with Crippen LogP contribution in [0.1, 0.15) is 10.4 Å². The highest BCUT2D eigenvalue weighted by atomic mass is 16.5. The van der Waals surface area contributed by atoms with Gasteiger partial charge in [0.05, 0.1) is 32.4 Å². The molecule has 21 heavy (non-hydrogen) atoms. The molecular formula is C16H15NO4. The van der Waals surface area contributed by atoms with Crippen molar-refractivity contribution in [2.24, 2.45) is 0 Å². The first-order valence-corrected chi connectivity index (χ1v) is 6.43. The van der Waals surface area contributed by atoms with Crippen LogP contribution in [0.3, 0.4) is 0 Å². The second-order valence-corrected chi connectivity index (χ2v) is 4.63. The van der Waals surface area contributed by atoms with Gasteiger partial charge in [0.15, 0.2) is 0 Å².